The van der Waals surface area contributed by atoms with Crippen LogP contribution in [0.1, 0.15) is 0 Å². The molecule has 0 saturated carbocycles. The zero-order chi connectivity index (χ0) is 3.58. The third kappa shape index (κ3) is 29.3. The molecule has 0 aliphatic carbocycles. The predicted molar refractivity (Wildman–Crippen MR) is 27.4 cm³/mol. The second-order valence-electron chi connectivity index (χ2n) is 0.455. The van der Waals surface area contributed by atoms with E-state index in [1.54, 1.807) is 0 Å². The Bertz CT molecular complexity index is 29.9. The van der Waals surface area contributed by atoms with Crippen molar-refractivity contribution < 1.29 is 0 Å². The van der Waals surface area contributed by atoms with Crippen LogP contribution in [0.2, 0.25) is 0 Å². The summed E-state index contributed by atoms with van der Waals surface area (Å²) in [5, 5.41) is 6.06. The fourth-order valence-corrected chi connectivity index (χ4v) is 0. The summed E-state index contributed by atoms with van der Waals surface area (Å²) < 4.78 is 0. The molecule has 32 valence electrons. The molecule has 0 aromatic carbocycles. The Morgan fingerprint density at radius 2 is 1.40 bits per heavy atom. The number of rotatable bonds is 0. The number of nitrogens with one attached hydrogen (secondary N) is 1. The van der Waals surface area contributed by atoms with Crippen LogP contribution in [0.15, 0.2) is 0 Å². The molecule has 0 fully saturated rings. The summed E-state index contributed by atoms with van der Waals surface area (Å²) in [5.74, 6) is -0.333. The Hall–Kier alpha value is -0.513. The molecule has 5 heavy (non-hydrogen) atoms. The van der Waals surface area contributed by atoms with Crippen LogP contribution in [0, 0.1) is 5.41 Å². The molecule has 0 aromatic rings. The van der Waals surface area contributed by atoms with Gasteiger partial charge >= 0.3 is 0 Å². The van der Waals surface area contributed by atoms with Crippen molar-refractivity contribution in [2.24, 2.45) is 11.5 Å². The van der Waals surface area contributed by atoms with E-state index in [1.165, 1.54) is 0 Å². The van der Waals surface area contributed by atoms with E-state index in [-0.39, 0.29) is 16.9 Å². The lowest BCUT2D eigenvalue weighted by atomic mass is 11.1. The quantitative estimate of drug-likeness (QED) is 0.173. The van der Waals surface area contributed by atoms with E-state index in [4.69, 9.17) is 5.41 Å². The van der Waals surface area contributed by atoms with Gasteiger partial charge in [-0.3, -0.25) is 5.41 Å². The molecule has 0 unspecified atom stereocenters. The fourth-order valence-electron chi connectivity index (χ4n) is 0. The van der Waals surface area contributed by atoms with Crippen LogP contribution < -0.4 is 11.5 Å². The molecule has 0 spiro atoms. The number of nitrogens with two attached hydrogens (primary N) is 2. The molecular weight excluding hydrogens is 82.1 g/mol. The molecule has 0 aromatic heterocycles. The van der Waals surface area contributed by atoms with Gasteiger partial charge in [-0.15, -0.1) is 0 Å². The van der Waals surface area contributed by atoms with Gasteiger partial charge in [-0.1, -0.05) is 0 Å². The first-order valence-corrected chi connectivity index (χ1v) is 0.827. The molecule has 0 amide bonds. The van der Waals surface area contributed by atoms with Crippen molar-refractivity contribution in [3.63, 3.8) is 0 Å². The Kier molecular flexibility index (Phi) is 6.15. The third-order valence-electron chi connectivity index (χ3n) is 0. The van der Waals surface area contributed by atoms with E-state index < -0.39 is 0 Å². The van der Waals surface area contributed by atoms with E-state index in [0.29, 0.717) is 0 Å². The molecular formula is CH9N3Si. The summed E-state index contributed by atoms with van der Waals surface area (Å²) in [4.78, 5) is 0. The maximum atomic E-state index is 6.06. The molecule has 0 aliphatic heterocycles. The maximum Gasteiger partial charge on any atom is 0.183 e. The lowest BCUT2D eigenvalue weighted by Crippen LogP contribution is -2.20. The van der Waals surface area contributed by atoms with Crippen molar-refractivity contribution >= 4 is 16.9 Å². The zero-order valence-electron chi connectivity index (χ0n) is 2.15. The largest absolute Gasteiger partial charge is 0.370 e. The van der Waals surface area contributed by atoms with Crippen LogP contribution >= 0.6 is 0 Å². The minimum Gasteiger partial charge on any atom is -0.370 e. The van der Waals surface area contributed by atoms with Gasteiger partial charge in [-0.05, 0) is 11.0 Å². The van der Waals surface area contributed by atoms with Gasteiger partial charge < -0.3 is 11.5 Å². The average molecular weight is 91.2 g/mol. The highest BCUT2D eigenvalue weighted by molar-refractivity contribution is 5.75. The van der Waals surface area contributed by atoms with Gasteiger partial charge in [0, 0.05) is 0 Å². The second kappa shape index (κ2) is 3.49. The van der Waals surface area contributed by atoms with Crippen LogP contribution in [-0.4, -0.2) is 16.9 Å². The van der Waals surface area contributed by atoms with Gasteiger partial charge in [-0.2, -0.15) is 0 Å². The number of guanidine groups is 1. The Morgan fingerprint density at radius 3 is 1.40 bits per heavy atom. The lowest BCUT2D eigenvalue weighted by Gasteiger charge is -1.69. The van der Waals surface area contributed by atoms with E-state index in [1.807, 2.05) is 0 Å². The first-order valence-electron chi connectivity index (χ1n) is 0.827. The van der Waals surface area contributed by atoms with Gasteiger partial charge in [0.05, 0.1) is 0 Å². The first kappa shape index (κ1) is 8.82. The van der Waals surface area contributed by atoms with Crippen LogP contribution in [0.4, 0.5) is 0 Å². The molecule has 0 atom stereocenters. The van der Waals surface area contributed by atoms with Crippen LogP contribution in [-0.2, 0) is 0 Å². The second-order valence-corrected chi connectivity index (χ2v) is 0.455. The fraction of sp³-hybridized carbons (Fsp3) is 0. The van der Waals surface area contributed by atoms with Crippen molar-refractivity contribution in [3.8, 4) is 0 Å². The normalized spacial score (nSPS) is 4.80. The van der Waals surface area contributed by atoms with Gasteiger partial charge in [0.25, 0.3) is 0 Å². The topological polar surface area (TPSA) is 75.9 Å². The van der Waals surface area contributed by atoms with Crippen LogP contribution in [0.3, 0.4) is 0 Å². The van der Waals surface area contributed by atoms with Crippen molar-refractivity contribution in [1.29, 1.82) is 5.41 Å². The standard InChI is InChI=1S/CH5N3.H4Si/c2-1(3)4;/h(H5,2,3,4);1H4. The number of hydrogen-bond donors (Lipinski definition) is 3. The molecule has 0 saturated heterocycles. The van der Waals surface area contributed by atoms with Crippen LogP contribution in [0.25, 0.3) is 0 Å². The molecule has 3 nitrogen and oxygen atoms in total. The number of hydrogen-bond acceptors (Lipinski definition) is 1. The van der Waals surface area contributed by atoms with E-state index >= 15 is 0 Å². The summed E-state index contributed by atoms with van der Waals surface area (Å²) in [6.45, 7) is 0. The summed E-state index contributed by atoms with van der Waals surface area (Å²) in [6, 6.07) is 0. The minimum absolute atomic E-state index is 0. The van der Waals surface area contributed by atoms with E-state index in [0.717, 1.165) is 0 Å². The molecule has 0 radical (unpaired) electrons. The molecule has 5 N–H and O–H groups in total. The van der Waals surface area contributed by atoms with E-state index in [9.17, 15) is 0 Å². The van der Waals surface area contributed by atoms with Crippen molar-refractivity contribution in [2.75, 3.05) is 0 Å². The van der Waals surface area contributed by atoms with Crippen molar-refractivity contribution in [1.82, 2.24) is 0 Å². The summed E-state index contributed by atoms with van der Waals surface area (Å²) >= 11 is 0. The van der Waals surface area contributed by atoms with Crippen molar-refractivity contribution in [2.45, 2.75) is 0 Å². The average Bonchev–Trinajstić information content (AvgIpc) is 0.811. The highest BCUT2D eigenvalue weighted by atomic mass is 28.1. The molecule has 0 rings (SSSR count). The first-order chi connectivity index (χ1) is 1.73. The van der Waals surface area contributed by atoms with Gasteiger partial charge in [0.1, 0.15) is 0 Å². The SMILES string of the molecule is N=C(N)N.[SiH4]. The molecule has 0 bridgehead atoms. The highest BCUT2D eigenvalue weighted by Crippen LogP contribution is 1.13. The van der Waals surface area contributed by atoms with Gasteiger partial charge in [-0.25, -0.2) is 0 Å². The Balaban J connectivity index is 0. The lowest BCUT2D eigenvalue weighted by molar-refractivity contribution is 1.39. The summed E-state index contributed by atoms with van der Waals surface area (Å²) in [5.41, 5.74) is 8.94. The van der Waals surface area contributed by atoms with Gasteiger partial charge in [0.15, 0.2) is 5.96 Å². The summed E-state index contributed by atoms with van der Waals surface area (Å²) in [6.07, 6.45) is 0. The summed E-state index contributed by atoms with van der Waals surface area (Å²) in [7, 11) is 0. The molecule has 0 aliphatic rings. The monoisotopic (exact) mass is 91.1 g/mol. The molecule has 0 heterocycles. The Labute approximate surface area is 34.9 Å². The smallest absolute Gasteiger partial charge is 0.183 e. The van der Waals surface area contributed by atoms with E-state index in [2.05, 4.69) is 11.5 Å². The van der Waals surface area contributed by atoms with Crippen LogP contribution in [0.5, 0.6) is 0 Å². The minimum atomic E-state index is -0.333. The Morgan fingerprint density at radius 1 is 1.40 bits per heavy atom. The third-order valence-corrected chi connectivity index (χ3v) is 0. The maximum absolute atomic E-state index is 6.06. The van der Waals surface area contributed by atoms with Gasteiger partial charge in [0.2, 0.25) is 0 Å². The predicted octanol–water partition coefficient (Wildman–Crippen LogP) is -2.61. The molecule has 4 heteroatoms. The zero-order valence-corrected chi connectivity index (χ0v) is 2.15. The van der Waals surface area contributed by atoms with Crippen molar-refractivity contribution in [3.05, 3.63) is 0 Å². The highest BCUT2D eigenvalue weighted by Gasteiger charge is 1.52.